The van der Waals surface area contributed by atoms with Crippen LogP contribution in [-0.2, 0) is 7.05 Å². The average Bonchev–Trinajstić information content (AvgIpc) is 2.65. The molecule has 0 aliphatic carbocycles. The third kappa shape index (κ3) is 2.11. The lowest BCUT2D eigenvalue weighted by atomic mass is 10.0. The predicted octanol–water partition coefficient (Wildman–Crippen LogP) is 2.93. The number of thioether (sulfide) groups is 1. The van der Waals surface area contributed by atoms with Crippen molar-refractivity contribution in [2.24, 2.45) is 12.8 Å². The molecule has 2 N–H and O–H groups in total. The number of aromatic nitrogens is 1. The van der Waals surface area contributed by atoms with E-state index < -0.39 is 0 Å². The van der Waals surface area contributed by atoms with Crippen molar-refractivity contribution in [1.29, 1.82) is 0 Å². The summed E-state index contributed by atoms with van der Waals surface area (Å²) in [5.74, 6) is 1.12. The molecule has 0 spiro atoms. The van der Waals surface area contributed by atoms with Crippen molar-refractivity contribution in [1.82, 2.24) is 4.57 Å². The summed E-state index contributed by atoms with van der Waals surface area (Å²) in [5.41, 5.74) is 8.77. The summed E-state index contributed by atoms with van der Waals surface area (Å²) in [7, 11) is 2.08. The van der Waals surface area contributed by atoms with Crippen LogP contribution in [0.4, 0.5) is 0 Å². The van der Waals surface area contributed by atoms with Crippen LogP contribution in [0.15, 0.2) is 30.5 Å². The van der Waals surface area contributed by atoms with Gasteiger partial charge in [-0.15, -0.1) is 0 Å². The smallest absolute Gasteiger partial charge is 0.0481 e. The molecule has 0 radical (unpaired) electrons. The number of hydrogen-bond acceptors (Lipinski definition) is 2. The minimum atomic E-state index is 0.151. The van der Waals surface area contributed by atoms with E-state index in [0.717, 1.165) is 12.2 Å². The van der Waals surface area contributed by atoms with Crippen LogP contribution < -0.4 is 5.73 Å². The second-order valence-corrected chi connectivity index (χ2v) is 5.09. The molecule has 1 heterocycles. The van der Waals surface area contributed by atoms with E-state index in [0.29, 0.717) is 0 Å². The summed E-state index contributed by atoms with van der Waals surface area (Å²) >= 11 is 1.85. The van der Waals surface area contributed by atoms with Crippen molar-refractivity contribution in [3.63, 3.8) is 0 Å². The Morgan fingerprint density at radius 3 is 2.88 bits per heavy atom. The first kappa shape index (κ1) is 11.6. The minimum Gasteiger partial charge on any atom is -0.350 e. The maximum Gasteiger partial charge on any atom is 0.0481 e. The van der Waals surface area contributed by atoms with Gasteiger partial charge < -0.3 is 10.3 Å². The minimum absolute atomic E-state index is 0.151. The number of fused-ring (bicyclic) bond motifs is 1. The molecule has 2 nitrogen and oxygen atoms in total. The van der Waals surface area contributed by atoms with Crippen LogP contribution in [0.25, 0.3) is 10.9 Å². The van der Waals surface area contributed by atoms with Gasteiger partial charge in [0.15, 0.2) is 0 Å². The molecule has 0 aliphatic heterocycles. The first-order valence-electron chi connectivity index (χ1n) is 5.52. The Morgan fingerprint density at radius 1 is 1.38 bits per heavy atom. The monoisotopic (exact) mass is 234 g/mol. The van der Waals surface area contributed by atoms with Crippen LogP contribution >= 0.6 is 11.8 Å². The van der Waals surface area contributed by atoms with Gasteiger partial charge in [0.05, 0.1) is 0 Å². The molecule has 1 atom stereocenters. The zero-order chi connectivity index (χ0) is 11.5. The molecule has 0 saturated heterocycles. The van der Waals surface area contributed by atoms with Crippen molar-refractivity contribution in [2.45, 2.75) is 12.5 Å². The third-order valence-electron chi connectivity index (χ3n) is 2.96. The fraction of sp³-hybridized carbons (Fsp3) is 0.385. The zero-order valence-corrected chi connectivity index (χ0v) is 10.6. The Labute approximate surface area is 101 Å². The molecule has 16 heavy (non-hydrogen) atoms. The van der Waals surface area contributed by atoms with Gasteiger partial charge in [0.25, 0.3) is 0 Å². The van der Waals surface area contributed by atoms with Crippen molar-refractivity contribution in [2.75, 3.05) is 12.0 Å². The lowest BCUT2D eigenvalue weighted by Gasteiger charge is -2.09. The lowest BCUT2D eigenvalue weighted by molar-refractivity contribution is 0.707. The van der Waals surface area contributed by atoms with Gasteiger partial charge in [-0.2, -0.15) is 11.8 Å². The van der Waals surface area contributed by atoms with Crippen molar-refractivity contribution in [3.8, 4) is 0 Å². The molecular formula is C13H18N2S. The molecule has 86 valence electrons. The van der Waals surface area contributed by atoms with Crippen molar-refractivity contribution < 1.29 is 0 Å². The molecule has 0 amide bonds. The molecule has 1 aromatic heterocycles. The van der Waals surface area contributed by atoms with E-state index in [1.807, 2.05) is 11.8 Å². The molecule has 1 aromatic carbocycles. The second kappa shape index (κ2) is 4.93. The van der Waals surface area contributed by atoms with Gasteiger partial charge in [0, 0.05) is 30.2 Å². The van der Waals surface area contributed by atoms with Gasteiger partial charge in [-0.05, 0) is 30.1 Å². The van der Waals surface area contributed by atoms with Crippen molar-refractivity contribution >= 4 is 22.7 Å². The standard InChI is InChI=1S/C13H18N2S/c1-15-9-11(12(14)7-8-16-2)10-5-3-4-6-13(10)15/h3-6,9,12H,7-8,14H2,1-2H3. The van der Waals surface area contributed by atoms with E-state index >= 15 is 0 Å². The summed E-state index contributed by atoms with van der Waals surface area (Å²) in [6.07, 6.45) is 5.32. The number of para-hydroxylation sites is 1. The number of hydrogen-bond donors (Lipinski definition) is 1. The highest BCUT2D eigenvalue weighted by Crippen LogP contribution is 2.26. The topological polar surface area (TPSA) is 30.9 Å². The SMILES string of the molecule is CSCCC(N)c1cn(C)c2ccccc12. The van der Waals surface area contributed by atoms with Crippen LogP contribution in [0, 0.1) is 0 Å². The molecule has 2 aromatic rings. The highest BCUT2D eigenvalue weighted by atomic mass is 32.2. The van der Waals surface area contributed by atoms with Crippen LogP contribution in [0.3, 0.4) is 0 Å². The number of nitrogens with two attached hydrogens (primary N) is 1. The maximum absolute atomic E-state index is 6.23. The highest BCUT2D eigenvalue weighted by molar-refractivity contribution is 7.98. The van der Waals surface area contributed by atoms with E-state index in [4.69, 9.17) is 5.73 Å². The maximum atomic E-state index is 6.23. The summed E-state index contributed by atoms with van der Waals surface area (Å²) in [4.78, 5) is 0. The van der Waals surface area contributed by atoms with Gasteiger partial charge >= 0.3 is 0 Å². The first-order valence-corrected chi connectivity index (χ1v) is 6.92. The van der Waals surface area contributed by atoms with Crippen LogP contribution in [0.2, 0.25) is 0 Å². The summed E-state index contributed by atoms with van der Waals surface area (Å²) in [6, 6.07) is 8.59. The molecule has 1 unspecified atom stereocenters. The third-order valence-corrected chi connectivity index (χ3v) is 3.60. The van der Waals surface area contributed by atoms with E-state index in [9.17, 15) is 0 Å². The average molecular weight is 234 g/mol. The van der Waals surface area contributed by atoms with E-state index in [-0.39, 0.29) is 6.04 Å². The highest BCUT2D eigenvalue weighted by Gasteiger charge is 2.12. The fourth-order valence-electron chi connectivity index (χ4n) is 2.07. The predicted molar refractivity (Wildman–Crippen MR) is 72.8 cm³/mol. The normalized spacial score (nSPS) is 13.2. The van der Waals surface area contributed by atoms with E-state index in [2.05, 4.69) is 48.3 Å². The van der Waals surface area contributed by atoms with Gasteiger partial charge in [0.2, 0.25) is 0 Å². The summed E-state index contributed by atoms with van der Waals surface area (Å²) in [6.45, 7) is 0. The second-order valence-electron chi connectivity index (χ2n) is 4.10. The van der Waals surface area contributed by atoms with Gasteiger partial charge in [-0.25, -0.2) is 0 Å². The number of aryl methyl sites for hydroxylation is 1. The number of benzene rings is 1. The Balaban J connectivity index is 2.37. The molecule has 3 heteroatoms. The van der Waals surface area contributed by atoms with Gasteiger partial charge in [-0.3, -0.25) is 0 Å². The van der Waals surface area contributed by atoms with Gasteiger partial charge in [0.1, 0.15) is 0 Å². The molecule has 0 saturated carbocycles. The van der Waals surface area contributed by atoms with Crippen LogP contribution in [0.5, 0.6) is 0 Å². The molecule has 0 bridgehead atoms. The van der Waals surface area contributed by atoms with Crippen LogP contribution in [-0.4, -0.2) is 16.6 Å². The Bertz CT molecular complexity index is 476. The zero-order valence-electron chi connectivity index (χ0n) is 9.81. The summed E-state index contributed by atoms with van der Waals surface area (Å²) in [5, 5.41) is 1.29. The van der Waals surface area contributed by atoms with Crippen molar-refractivity contribution in [3.05, 3.63) is 36.0 Å². The molecule has 0 aliphatic rings. The first-order chi connectivity index (χ1) is 7.74. The molecule has 0 fully saturated rings. The van der Waals surface area contributed by atoms with Gasteiger partial charge in [-0.1, -0.05) is 18.2 Å². The molecule has 2 rings (SSSR count). The molecular weight excluding hydrogens is 216 g/mol. The fourth-order valence-corrected chi connectivity index (χ4v) is 2.56. The lowest BCUT2D eigenvalue weighted by Crippen LogP contribution is -2.10. The summed E-state index contributed by atoms with van der Waals surface area (Å²) < 4.78 is 2.16. The van der Waals surface area contributed by atoms with E-state index in [1.165, 1.54) is 16.5 Å². The quantitative estimate of drug-likeness (QED) is 0.882. The largest absolute Gasteiger partial charge is 0.350 e. The Morgan fingerprint density at radius 2 is 2.12 bits per heavy atom. The number of rotatable bonds is 4. The Kier molecular flexibility index (Phi) is 3.56. The van der Waals surface area contributed by atoms with Crippen LogP contribution in [0.1, 0.15) is 18.0 Å². The van der Waals surface area contributed by atoms with E-state index in [1.54, 1.807) is 0 Å². The Hall–Kier alpha value is -0.930. The number of nitrogens with zero attached hydrogens (tertiary/aromatic N) is 1.